The zero-order valence-corrected chi connectivity index (χ0v) is 8.40. The van der Waals surface area contributed by atoms with Crippen molar-refractivity contribution in [2.75, 3.05) is 7.05 Å². The molecular weight excluding hydrogens is 178 g/mol. The summed E-state index contributed by atoms with van der Waals surface area (Å²) in [5.74, 6) is -0.580. The maximum Gasteiger partial charge on any atom is 0.225 e. The van der Waals surface area contributed by atoms with Gasteiger partial charge in [-0.3, -0.25) is 4.79 Å². The summed E-state index contributed by atoms with van der Waals surface area (Å²) < 4.78 is 0. The molecule has 0 spiro atoms. The molecule has 3 nitrogen and oxygen atoms in total. The molecule has 3 heteroatoms. The summed E-state index contributed by atoms with van der Waals surface area (Å²) in [5.41, 5.74) is 0.767. The lowest BCUT2D eigenvalue weighted by atomic mass is 9.97. The molecule has 0 fully saturated rings. The van der Waals surface area contributed by atoms with Crippen LogP contribution in [0.25, 0.3) is 0 Å². The van der Waals surface area contributed by atoms with E-state index in [0.29, 0.717) is 0 Å². The molecule has 2 atom stereocenters. The summed E-state index contributed by atoms with van der Waals surface area (Å²) in [7, 11) is 1.57. The number of amides is 1. The Labute approximate surface area is 83.8 Å². The van der Waals surface area contributed by atoms with Gasteiger partial charge in [-0.1, -0.05) is 37.3 Å². The number of carbonyl (C=O) groups excluding carboxylic acids is 1. The van der Waals surface area contributed by atoms with E-state index in [1.807, 2.05) is 30.3 Å². The summed E-state index contributed by atoms with van der Waals surface area (Å²) in [6.45, 7) is 1.70. The van der Waals surface area contributed by atoms with Crippen LogP contribution in [0, 0.1) is 5.92 Å². The van der Waals surface area contributed by atoms with Gasteiger partial charge in [0.2, 0.25) is 5.91 Å². The average molecular weight is 193 g/mol. The van der Waals surface area contributed by atoms with E-state index in [1.54, 1.807) is 14.0 Å². The van der Waals surface area contributed by atoms with Gasteiger partial charge in [0, 0.05) is 7.05 Å². The Morgan fingerprint density at radius 3 is 2.43 bits per heavy atom. The van der Waals surface area contributed by atoms with Crippen LogP contribution in [0.5, 0.6) is 0 Å². The van der Waals surface area contributed by atoms with Crippen LogP contribution < -0.4 is 5.32 Å². The minimum Gasteiger partial charge on any atom is -0.388 e. The fraction of sp³-hybridized carbons (Fsp3) is 0.364. The highest BCUT2D eigenvalue weighted by atomic mass is 16.3. The number of carbonyl (C=O) groups is 1. The second kappa shape index (κ2) is 4.77. The lowest BCUT2D eigenvalue weighted by Gasteiger charge is -2.17. The van der Waals surface area contributed by atoms with Crippen molar-refractivity contribution in [1.29, 1.82) is 0 Å². The van der Waals surface area contributed by atoms with E-state index in [1.165, 1.54) is 0 Å². The summed E-state index contributed by atoms with van der Waals surface area (Å²) >= 11 is 0. The number of hydrogen-bond acceptors (Lipinski definition) is 2. The van der Waals surface area contributed by atoms with Crippen molar-refractivity contribution in [1.82, 2.24) is 5.32 Å². The smallest absolute Gasteiger partial charge is 0.225 e. The van der Waals surface area contributed by atoms with Crippen molar-refractivity contribution in [2.24, 2.45) is 5.92 Å². The predicted octanol–water partition coefficient (Wildman–Crippen LogP) is 1.10. The molecule has 0 heterocycles. The number of rotatable bonds is 3. The minimum absolute atomic E-state index is 0.152. The molecule has 76 valence electrons. The number of aliphatic hydroxyl groups is 1. The lowest BCUT2D eigenvalue weighted by molar-refractivity contribution is -0.127. The van der Waals surface area contributed by atoms with Gasteiger partial charge in [0.15, 0.2) is 0 Å². The second-order valence-corrected chi connectivity index (χ2v) is 3.26. The number of nitrogens with one attached hydrogen (secondary N) is 1. The van der Waals surface area contributed by atoms with Crippen molar-refractivity contribution in [2.45, 2.75) is 13.0 Å². The van der Waals surface area contributed by atoms with E-state index >= 15 is 0 Å². The minimum atomic E-state index is -0.740. The molecule has 1 rings (SSSR count). The van der Waals surface area contributed by atoms with Crippen LogP contribution in [0.15, 0.2) is 30.3 Å². The summed E-state index contributed by atoms with van der Waals surface area (Å²) in [6, 6.07) is 9.18. The molecule has 0 saturated carbocycles. The van der Waals surface area contributed by atoms with Gasteiger partial charge >= 0.3 is 0 Å². The van der Waals surface area contributed by atoms with Crippen molar-refractivity contribution >= 4 is 5.91 Å². The Balaban J connectivity index is 2.75. The van der Waals surface area contributed by atoms with Crippen molar-refractivity contribution < 1.29 is 9.90 Å². The number of benzene rings is 1. The zero-order valence-electron chi connectivity index (χ0n) is 8.40. The maximum absolute atomic E-state index is 11.3. The van der Waals surface area contributed by atoms with Gasteiger partial charge in [0.1, 0.15) is 0 Å². The monoisotopic (exact) mass is 193 g/mol. The van der Waals surface area contributed by atoms with Crippen LogP contribution in [0.4, 0.5) is 0 Å². The highest BCUT2D eigenvalue weighted by Crippen LogP contribution is 2.21. The first-order valence-electron chi connectivity index (χ1n) is 4.61. The Hall–Kier alpha value is -1.35. The highest BCUT2D eigenvalue weighted by molar-refractivity contribution is 5.78. The van der Waals surface area contributed by atoms with Crippen LogP contribution in [0.1, 0.15) is 18.6 Å². The molecular formula is C11H15NO2. The molecule has 0 aliphatic heterocycles. The van der Waals surface area contributed by atoms with E-state index < -0.39 is 12.0 Å². The normalized spacial score (nSPS) is 14.5. The molecule has 1 amide bonds. The number of hydrogen-bond donors (Lipinski definition) is 2. The Kier molecular flexibility index (Phi) is 3.65. The summed E-state index contributed by atoms with van der Waals surface area (Å²) in [5, 5.41) is 12.3. The molecule has 0 aliphatic rings. The molecule has 0 bridgehead atoms. The molecule has 0 aromatic heterocycles. The number of aliphatic hydroxyl groups excluding tert-OH is 1. The van der Waals surface area contributed by atoms with E-state index in [2.05, 4.69) is 5.32 Å². The van der Waals surface area contributed by atoms with E-state index in [4.69, 9.17) is 0 Å². The summed E-state index contributed by atoms with van der Waals surface area (Å²) in [6.07, 6.45) is -0.740. The molecule has 0 saturated heterocycles. The zero-order chi connectivity index (χ0) is 10.6. The van der Waals surface area contributed by atoms with E-state index in [9.17, 15) is 9.90 Å². The third-order valence-corrected chi connectivity index (χ3v) is 2.27. The van der Waals surface area contributed by atoms with Gasteiger partial charge in [-0.2, -0.15) is 0 Å². The van der Waals surface area contributed by atoms with Crippen LogP contribution in [-0.2, 0) is 4.79 Å². The Bertz CT molecular complexity index is 297. The maximum atomic E-state index is 11.3. The van der Waals surface area contributed by atoms with Crippen LogP contribution in [0.3, 0.4) is 0 Å². The molecule has 1 aromatic carbocycles. The molecule has 14 heavy (non-hydrogen) atoms. The lowest BCUT2D eigenvalue weighted by Crippen LogP contribution is -2.29. The fourth-order valence-corrected chi connectivity index (χ4v) is 1.31. The van der Waals surface area contributed by atoms with E-state index in [0.717, 1.165) is 5.56 Å². The first-order valence-corrected chi connectivity index (χ1v) is 4.61. The third-order valence-electron chi connectivity index (χ3n) is 2.27. The van der Waals surface area contributed by atoms with Crippen LogP contribution in [-0.4, -0.2) is 18.1 Å². The second-order valence-electron chi connectivity index (χ2n) is 3.26. The van der Waals surface area contributed by atoms with Crippen molar-refractivity contribution in [3.05, 3.63) is 35.9 Å². The van der Waals surface area contributed by atoms with Crippen molar-refractivity contribution in [3.8, 4) is 0 Å². The molecule has 1 aromatic rings. The highest BCUT2D eigenvalue weighted by Gasteiger charge is 2.21. The van der Waals surface area contributed by atoms with Gasteiger partial charge in [-0.05, 0) is 5.56 Å². The molecule has 0 radical (unpaired) electrons. The van der Waals surface area contributed by atoms with Gasteiger partial charge < -0.3 is 10.4 Å². The van der Waals surface area contributed by atoms with Gasteiger partial charge in [-0.25, -0.2) is 0 Å². The van der Waals surface area contributed by atoms with Crippen LogP contribution >= 0.6 is 0 Å². The fourth-order valence-electron chi connectivity index (χ4n) is 1.31. The van der Waals surface area contributed by atoms with Gasteiger partial charge in [0.25, 0.3) is 0 Å². The average Bonchev–Trinajstić information content (AvgIpc) is 2.27. The quantitative estimate of drug-likeness (QED) is 0.755. The molecule has 0 unspecified atom stereocenters. The Morgan fingerprint density at radius 1 is 1.36 bits per heavy atom. The SMILES string of the molecule is CNC(=O)[C@H](C)[C@H](O)c1ccccc1. The van der Waals surface area contributed by atoms with Gasteiger partial charge in [0.05, 0.1) is 12.0 Å². The van der Waals surface area contributed by atoms with Gasteiger partial charge in [-0.15, -0.1) is 0 Å². The summed E-state index contributed by atoms with van der Waals surface area (Å²) in [4.78, 5) is 11.3. The van der Waals surface area contributed by atoms with E-state index in [-0.39, 0.29) is 5.91 Å². The topological polar surface area (TPSA) is 49.3 Å². The molecule has 2 N–H and O–H groups in total. The standard InChI is InChI=1S/C11H15NO2/c1-8(11(14)12-2)10(13)9-6-4-3-5-7-9/h3-8,10,13H,1-2H3,(H,12,14)/t8-,10+/m1/s1. The molecule has 0 aliphatic carbocycles. The largest absolute Gasteiger partial charge is 0.388 e. The van der Waals surface area contributed by atoms with Crippen molar-refractivity contribution in [3.63, 3.8) is 0 Å². The first-order chi connectivity index (χ1) is 6.66. The van der Waals surface area contributed by atoms with Crippen LogP contribution in [0.2, 0.25) is 0 Å². The Morgan fingerprint density at radius 2 is 1.93 bits per heavy atom. The predicted molar refractivity (Wildman–Crippen MR) is 54.6 cm³/mol. The third kappa shape index (κ3) is 2.33. The first kappa shape index (κ1) is 10.7.